The van der Waals surface area contributed by atoms with Crippen molar-refractivity contribution in [2.24, 2.45) is 12.5 Å². The maximum Gasteiger partial charge on any atom is 0.314 e. The van der Waals surface area contributed by atoms with Gasteiger partial charge in [-0.1, -0.05) is 30.3 Å². The molecule has 2 aromatic rings. The zero-order valence-corrected chi connectivity index (χ0v) is 15.4. The maximum absolute atomic E-state index is 12.7. The van der Waals surface area contributed by atoms with Gasteiger partial charge in [-0.05, 0) is 31.2 Å². The van der Waals surface area contributed by atoms with Gasteiger partial charge >= 0.3 is 5.97 Å². The number of carbonyl (C=O) groups excluding carboxylic acids is 1. The second kappa shape index (κ2) is 7.92. The van der Waals surface area contributed by atoms with Crippen LogP contribution in [0.3, 0.4) is 0 Å². The van der Waals surface area contributed by atoms with Gasteiger partial charge in [-0.25, -0.2) is 4.98 Å². The monoisotopic (exact) mass is 371 g/mol. The van der Waals surface area contributed by atoms with Crippen molar-refractivity contribution in [3.05, 3.63) is 54.1 Å². The third-order valence-corrected chi connectivity index (χ3v) is 5.35. The van der Waals surface area contributed by atoms with Gasteiger partial charge in [-0.2, -0.15) is 0 Å². The number of aliphatic hydroxyl groups excluding tert-OH is 1. The number of aliphatic hydroxyl groups is 1. The Bertz CT molecular complexity index is 805. The Morgan fingerprint density at radius 2 is 2.04 bits per heavy atom. The molecule has 2 atom stereocenters. The molecule has 0 unspecified atom stereocenters. The minimum atomic E-state index is -1.35. The van der Waals surface area contributed by atoms with Gasteiger partial charge in [0.25, 0.3) is 5.91 Å². The highest BCUT2D eigenvalue weighted by atomic mass is 16.4. The minimum absolute atomic E-state index is 0.00625. The SMILES string of the molecule is Cn1cnc(C(=O)N2CC[C@H](O)[C@](CCCc3ccccc3)(C(=O)O)C2)c1. The number of carboxylic acid groups (broad SMARTS) is 1. The fourth-order valence-electron chi connectivity index (χ4n) is 3.75. The molecule has 2 N–H and O–H groups in total. The number of aliphatic carboxylic acids is 1. The van der Waals surface area contributed by atoms with Crippen molar-refractivity contribution in [3.63, 3.8) is 0 Å². The zero-order chi connectivity index (χ0) is 19.4. The highest BCUT2D eigenvalue weighted by Crippen LogP contribution is 2.36. The molecule has 0 bridgehead atoms. The third kappa shape index (κ3) is 4.03. The molecule has 1 saturated heterocycles. The predicted octanol–water partition coefficient (Wildman–Crippen LogP) is 1.72. The first-order valence-corrected chi connectivity index (χ1v) is 9.15. The average Bonchev–Trinajstić information content (AvgIpc) is 3.10. The molecule has 3 rings (SSSR count). The van der Waals surface area contributed by atoms with E-state index in [1.54, 1.807) is 17.8 Å². The number of amides is 1. The Hall–Kier alpha value is -2.67. The van der Waals surface area contributed by atoms with E-state index in [4.69, 9.17) is 0 Å². The summed E-state index contributed by atoms with van der Waals surface area (Å²) in [7, 11) is 1.77. The molecule has 7 nitrogen and oxygen atoms in total. The maximum atomic E-state index is 12.7. The molecule has 1 fully saturated rings. The molecular formula is C20H25N3O4. The summed E-state index contributed by atoms with van der Waals surface area (Å²) in [5.74, 6) is -1.35. The Morgan fingerprint density at radius 1 is 1.30 bits per heavy atom. The molecule has 1 aliphatic rings. The standard InChI is InChI=1S/C20H25N3O4/c1-22-12-16(21-14-22)18(25)23-11-9-17(24)20(13-23,19(26)27)10-5-8-15-6-3-2-4-7-15/h2-4,6-7,12,14,17,24H,5,8-11,13H2,1H3,(H,26,27)/t17-,20+/m0/s1. The fourth-order valence-corrected chi connectivity index (χ4v) is 3.75. The van der Waals surface area contributed by atoms with E-state index < -0.39 is 17.5 Å². The van der Waals surface area contributed by atoms with Crippen molar-refractivity contribution in [2.75, 3.05) is 13.1 Å². The van der Waals surface area contributed by atoms with Crippen LogP contribution in [0.15, 0.2) is 42.9 Å². The van der Waals surface area contributed by atoms with Crippen molar-refractivity contribution in [1.82, 2.24) is 14.5 Å². The van der Waals surface area contributed by atoms with Crippen LogP contribution in [-0.2, 0) is 18.3 Å². The van der Waals surface area contributed by atoms with Crippen LogP contribution in [0.4, 0.5) is 0 Å². The van der Waals surface area contributed by atoms with Crippen LogP contribution in [0, 0.1) is 5.41 Å². The van der Waals surface area contributed by atoms with E-state index in [1.807, 2.05) is 30.3 Å². The third-order valence-electron chi connectivity index (χ3n) is 5.35. The van der Waals surface area contributed by atoms with Crippen LogP contribution in [0.25, 0.3) is 0 Å². The largest absolute Gasteiger partial charge is 0.481 e. The topological polar surface area (TPSA) is 95.7 Å². The summed E-state index contributed by atoms with van der Waals surface area (Å²) in [4.78, 5) is 30.4. The number of carbonyl (C=O) groups is 2. The summed E-state index contributed by atoms with van der Waals surface area (Å²) in [5.41, 5.74) is 0.0690. The lowest BCUT2D eigenvalue weighted by molar-refractivity contribution is -0.162. The van der Waals surface area contributed by atoms with Gasteiger partial charge in [0.15, 0.2) is 0 Å². The first-order valence-electron chi connectivity index (χ1n) is 9.15. The molecular weight excluding hydrogens is 346 g/mol. The van der Waals surface area contributed by atoms with Crippen molar-refractivity contribution in [3.8, 4) is 0 Å². The van der Waals surface area contributed by atoms with E-state index in [1.165, 1.54) is 11.2 Å². The van der Waals surface area contributed by atoms with Crippen LogP contribution in [0.1, 0.15) is 35.3 Å². The van der Waals surface area contributed by atoms with E-state index in [0.29, 0.717) is 19.4 Å². The normalized spacial score (nSPS) is 22.6. The van der Waals surface area contributed by atoms with Gasteiger partial charge in [-0.15, -0.1) is 0 Å². The van der Waals surface area contributed by atoms with Crippen molar-refractivity contribution < 1.29 is 19.8 Å². The molecule has 0 saturated carbocycles. The Balaban J connectivity index is 1.73. The van der Waals surface area contributed by atoms with E-state index in [2.05, 4.69) is 4.98 Å². The first-order chi connectivity index (χ1) is 12.9. The highest BCUT2D eigenvalue weighted by Gasteiger charge is 2.49. The van der Waals surface area contributed by atoms with E-state index in [9.17, 15) is 19.8 Å². The summed E-state index contributed by atoms with van der Waals surface area (Å²) in [6.45, 7) is 0.317. The lowest BCUT2D eigenvalue weighted by Crippen LogP contribution is -2.57. The number of hydrogen-bond donors (Lipinski definition) is 2. The summed E-state index contributed by atoms with van der Waals surface area (Å²) >= 11 is 0. The van der Waals surface area contributed by atoms with Gasteiger partial charge in [0, 0.05) is 26.3 Å². The molecule has 1 aromatic carbocycles. The quantitative estimate of drug-likeness (QED) is 0.806. The van der Waals surface area contributed by atoms with Crippen molar-refractivity contribution >= 4 is 11.9 Å². The molecule has 0 spiro atoms. The first kappa shape index (κ1) is 19.1. The zero-order valence-electron chi connectivity index (χ0n) is 15.4. The minimum Gasteiger partial charge on any atom is -0.481 e. The number of hydrogen-bond acceptors (Lipinski definition) is 4. The molecule has 0 radical (unpaired) electrons. The van der Waals surface area contributed by atoms with Crippen LogP contribution in [0.5, 0.6) is 0 Å². The van der Waals surface area contributed by atoms with E-state index >= 15 is 0 Å². The molecule has 27 heavy (non-hydrogen) atoms. The second-order valence-corrected chi connectivity index (χ2v) is 7.26. The highest BCUT2D eigenvalue weighted by molar-refractivity contribution is 5.92. The molecule has 2 heterocycles. The fraction of sp³-hybridized carbons (Fsp3) is 0.450. The molecule has 7 heteroatoms. The van der Waals surface area contributed by atoms with Crippen LogP contribution in [-0.4, -0.2) is 55.7 Å². The van der Waals surface area contributed by atoms with Gasteiger partial charge in [-0.3, -0.25) is 9.59 Å². The molecule has 0 aliphatic carbocycles. The molecule has 1 amide bonds. The number of piperidine rings is 1. The molecule has 1 aliphatic heterocycles. The summed E-state index contributed by atoms with van der Waals surface area (Å²) in [6.07, 6.45) is 4.09. The lowest BCUT2D eigenvalue weighted by Gasteiger charge is -2.43. The Labute approximate surface area is 158 Å². The number of carboxylic acids is 1. The van der Waals surface area contributed by atoms with Crippen molar-refractivity contribution in [2.45, 2.75) is 31.8 Å². The lowest BCUT2D eigenvalue weighted by atomic mass is 9.73. The Morgan fingerprint density at radius 3 is 2.67 bits per heavy atom. The van der Waals surface area contributed by atoms with Gasteiger partial charge in [0.2, 0.25) is 0 Å². The second-order valence-electron chi connectivity index (χ2n) is 7.26. The van der Waals surface area contributed by atoms with Crippen LogP contribution < -0.4 is 0 Å². The summed E-state index contributed by atoms with van der Waals surface area (Å²) in [6, 6.07) is 9.84. The number of aromatic nitrogens is 2. The number of likely N-dealkylation sites (tertiary alicyclic amines) is 1. The van der Waals surface area contributed by atoms with Crippen LogP contribution in [0.2, 0.25) is 0 Å². The number of nitrogens with zero attached hydrogens (tertiary/aromatic N) is 3. The van der Waals surface area contributed by atoms with E-state index in [0.717, 1.165) is 12.0 Å². The van der Waals surface area contributed by atoms with E-state index in [-0.39, 0.29) is 24.6 Å². The number of aryl methyl sites for hydroxylation is 2. The average molecular weight is 371 g/mol. The number of rotatable bonds is 6. The van der Waals surface area contributed by atoms with Gasteiger partial charge in [0.05, 0.1) is 12.4 Å². The van der Waals surface area contributed by atoms with Crippen molar-refractivity contribution in [1.29, 1.82) is 0 Å². The smallest absolute Gasteiger partial charge is 0.314 e. The van der Waals surface area contributed by atoms with Gasteiger partial charge in [0.1, 0.15) is 11.1 Å². The molecule has 1 aromatic heterocycles. The Kier molecular flexibility index (Phi) is 5.60. The number of benzene rings is 1. The van der Waals surface area contributed by atoms with Gasteiger partial charge < -0.3 is 19.7 Å². The molecule has 144 valence electrons. The predicted molar refractivity (Wildman–Crippen MR) is 99.2 cm³/mol. The summed E-state index contributed by atoms with van der Waals surface area (Å²) in [5, 5.41) is 20.4. The number of imidazole rings is 1. The summed E-state index contributed by atoms with van der Waals surface area (Å²) < 4.78 is 1.68. The van der Waals surface area contributed by atoms with Crippen LogP contribution >= 0.6 is 0 Å².